The first-order valence-corrected chi connectivity index (χ1v) is 15.2. The van der Waals surface area contributed by atoms with Crippen molar-refractivity contribution in [1.29, 1.82) is 0 Å². The zero-order valence-corrected chi connectivity index (χ0v) is 27.1. The molecule has 0 unspecified atom stereocenters. The number of nitrogens with one attached hydrogen (secondary N) is 3. The Morgan fingerprint density at radius 3 is 1.79 bits per heavy atom. The minimum atomic E-state index is -0.618. The summed E-state index contributed by atoms with van der Waals surface area (Å²) in [5, 5.41) is 10.1. The largest absolute Gasteiger partial charge is 0.464 e. The maximum atomic E-state index is 12.2. The molecular weight excluding hydrogens is 604 g/mol. The Hall–Kier alpha value is -5.23. The quantitative estimate of drug-likeness (QED) is 0.100. The zero-order valence-electron chi connectivity index (χ0n) is 27.1. The number of carbonyl (C=O) groups excluding carboxylic acids is 3. The lowest BCUT2D eigenvalue weighted by molar-refractivity contribution is 0.0502. The fourth-order valence-corrected chi connectivity index (χ4v) is 4.44. The fraction of sp³-hybridized carbons (Fsp3) is 0.343. The number of furan rings is 2. The maximum absolute atomic E-state index is 12.2. The van der Waals surface area contributed by atoms with Crippen LogP contribution in [0.4, 0.5) is 14.4 Å². The number of alkyl carbamates (subject to hydrolysis) is 3. The van der Waals surface area contributed by atoms with E-state index in [1.807, 2.05) is 48.5 Å². The number of para-hydroxylation sites is 2. The average Bonchev–Trinajstić information content (AvgIpc) is 3.64. The molecule has 0 saturated carbocycles. The highest BCUT2D eigenvalue weighted by Crippen LogP contribution is 2.23. The molecule has 4 rings (SSSR count). The second kappa shape index (κ2) is 18.1. The van der Waals surface area contributed by atoms with Gasteiger partial charge < -0.3 is 44.7 Å². The van der Waals surface area contributed by atoms with Crippen molar-refractivity contribution in [3.63, 3.8) is 0 Å². The molecule has 47 heavy (non-hydrogen) atoms. The van der Waals surface area contributed by atoms with Crippen LogP contribution in [-0.2, 0) is 27.1 Å². The van der Waals surface area contributed by atoms with E-state index in [1.165, 1.54) is 12.2 Å². The molecular formula is C35H44N4O8. The van der Waals surface area contributed by atoms with Crippen molar-refractivity contribution >= 4 is 40.2 Å². The predicted molar refractivity (Wildman–Crippen MR) is 180 cm³/mol. The Morgan fingerprint density at radius 2 is 1.28 bits per heavy atom. The van der Waals surface area contributed by atoms with Gasteiger partial charge in [0.25, 0.3) is 0 Å². The van der Waals surface area contributed by atoms with Crippen LogP contribution < -0.4 is 21.7 Å². The second-order valence-corrected chi connectivity index (χ2v) is 11.6. The summed E-state index contributed by atoms with van der Waals surface area (Å²) in [4.78, 5) is 35.1. The molecule has 2 atom stereocenters. The normalized spacial score (nSPS) is 12.2. The minimum absolute atomic E-state index is 0.113. The molecule has 0 fully saturated rings. The molecule has 252 valence electrons. The number of ether oxygens (including phenoxy) is 3. The third-order valence-electron chi connectivity index (χ3n) is 6.46. The summed E-state index contributed by atoms with van der Waals surface area (Å²) in [6, 6.07) is 14.8. The van der Waals surface area contributed by atoms with E-state index in [1.54, 1.807) is 33.3 Å². The Balaban J connectivity index is 0.000000267. The van der Waals surface area contributed by atoms with Crippen LogP contribution in [0.1, 0.15) is 31.9 Å². The van der Waals surface area contributed by atoms with Crippen molar-refractivity contribution in [1.82, 2.24) is 16.0 Å². The van der Waals surface area contributed by atoms with Crippen LogP contribution >= 0.6 is 0 Å². The molecule has 0 aliphatic carbocycles. The summed E-state index contributed by atoms with van der Waals surface area (Å²) >= 11 is 0. The van der Waals surface area contributed by atoms with E-state index in [4.69, 9.17) is 28.8 Å². The third-order valence-corrected chi connectivity index (χ3v) is 6.46. The van der Waals surface area contributed by atoms with E-state index in [9.17, 15) is 14.4 Å². The first-order valence-electron chi connectivity index (χ1n) is 15.2. The molecule has 3 amide bonds. The first kappa shape index (κ1) is 36.2. The van der Waals surface area contributed by atoms with Gasteiger partial charge in [-0.3, -0.25) is 0 Å². The summed E-state index contributed by atoms with van der Waals surface area (Å²) in [6.07, 6.45) is 5.81. The molecule has 2 aromatic carbocycles. The highest BCUT2D eigenvalue weighted by Gasteiger charge is 2.22. The molecule has 2 heterocycles. The Labute approximate surface area is 274 Å². The second-order valence-electron chi connectivity index (χ2n) is 11.6. The summed E-state index contributed by atoms with van der Waals surface area (Å²) in [5.41, 5.74) is 8.95. The van der Waals surface area contributed by atoms with E-state index in [0.29, 0.717) is 19.4 Å². The van der Waals surface area contributed by atoms with E-state index in [2.05, 4.69) is 29.1 Å². The molecule has 0 saturated heterocycles. The van der Waals surface area contributed by atoms with Gasteiger partial charge in [0.15, 0.2) is 0 Å². The maximum Gasteiger partial charge on any atom is 0.407 e. The van der Waals surface area contributed by atoms with Gasteiger partial charge in [0, 0.05) is 35.5 Å². The van der Waals surface area contributed by atoms with Gasteiger partial charge in [0.1, 0.15) is 30.0 Å². The van der Waals surface area contributed by atoms with Crippen molar-refractivity contribution in [2.75, 3.05) is 26.3 Å². The van der Waals surface area contributed by atoms with Gasteiger partial charge in [0.05, 0.1) is 18.6 Å². The number of rotatable bonds is 13. The number of fused-ring (bicyclic) bond motifs is 2. The molecule has 0 radical (unpaired) electrons. The van der Waals surface area contributed by atoms with Crippen molar-refractivity contribution in [2.24, 2.45) is 5.73 Å². The van der Waals surface area contributed by atoms with Gasteiger partial charge in [-0.1, -0.05) is 61.7 Å². The van der Waals surface area contributed by atoms with E-state index in [-0.39, 0.29) is 25.8 Å². The summed E-state index contributed by atoms with van der Waals surface area (Å²) in [7, 11) is 0. The fourth-order valence-electron chi connectivity index (χ4n) is 4.44. The van der Waals surface area contributed by atoms with Gasteiger partial charge in [-0.05, 0) is 51.3 Å². The minimum Gasteiger partial charge on any atom is -0.464 e. The molecule has 2 aromatic heterocycles. The summed E-state index contributed by atoms with van der Waals surface area (Å²) < 4.78 is 26.0. The lowest BCUT2D eigenvalue weighted by Gasteiger charge is -2.23. The summed E-state index contributed by atoms with van der Waals surface area (Å²) in [6.45, 7) is 13.1. The smallest absolute Gasteiger partial charge is 0.407 e. The first-order chi connectivity index (χ1) is 22.5. The van der Waals surface area contributed by atoms with Crippen LogP contribution in [0.3, 0.4) is 0 Å². The molecule has 12 heteroatoms. The van der Waals surface area contributed by atoms with Crippen LogP contribution in [0.25, 0.3) is 21.9 Å². The number of hydrogen-bond donors (Lipinski definition) is 4. The van der Waals surface area contributed by atoms with Gasteiger partial charge >= 0.3 is 18.3 Å². The molecule has 0 bridgehead atoms. The average molecular weight is 649 g/mol. The van der Waals surface area contributed by atoms with Gasteiger partial charge in [-0.15, -0.1) is 0 Å². The Bertz CT molecular complexity index is 1620. The lowest BCUT2D eigenvalue weighted by atomic mass is 10.1. The zero-order chi connectivity index (χ0) is 34.2. The lowest BCUT2D eigenvalue weighted by Crippen LogP contribution is -2.46. The van der Waals surface area contributed by atoms with E-state index < -0.39 is 29.9 Å². The molecule has 0 aliphatic rings. The van der Waals surface area contributed by atoms with Crippen molar-refractivity contribution in [3.05, 3.63) is 97.5 Å². The van der Waals surface area contributed by atoms with E-state index in [0.717, 1.165) is 33.1 Å². The third kappa shape index (κ3) is 12.6. The topological polar surface area (TPSA) is 167 Å². The molecule has 4 aromatic rings. The van der Waals surface area contributed by atoms with E-state index >= 15 is 0 Å². The van der Waals surface area contributed by atoms with Crippen LogP contribution in [-0.4, -0.2) is 62.3 Å². The van der Waals surface area contributed by atoms with Crippen LogP contribution in [0.5, 0.6) is 0 Å². The van der Waals surface area contributed by atoms with Crippen LogP contribution in [0, 0.1) is 0 Å². The number of hydrogen-bond acceptors (Lipinski definition) is 9. The van der Waals surface area contributed by atoms with Crippen molar-refractivity contribution in [3.8, 4) is 0 Å². The van der Waals surface area contributed by atoms with Gasteiger partial charge in [-0.25, -0.2) is 14.4 Å². The molecule has 0 spiro atoms. The molecule has 12 nitrogen and oxygen atoms in total. The Morgan fingerprint density at radius 1 is 0.787 bits per heavy atom. The van der Waals surface area contributed by atoms with Gasteiger partial charge in [-0.2, -0.15) is 0 Å². The van der Waals surface area contributed by atoms with Crippen LogP contribution in [0.15, 0.2) is 95.2 Å². The highest BCUT2D eigenvalue weighted by atomic mass is 16.6. The predicted octanol–water partition coefficient (Wildman–Crippen LogP) is 6.00. The number of nitrogens with two attached hydrogens (primary N) is 1. The molecule has 0 aliphatic heterocycles. The molecule has 5 N–H and O–H groups in total. The monoisotopic (exact) mass is 648 g/mol. The summed E-state index contributed by atoms with van der Waals surface area (Å²) in [5.74, 6) is 0. The van der Waals surface area contributed by atoms with Crippen molar-refractivity contribution < 1.29 is 37.4 Å². The van der Waals surface area contributed by atoms with Gasteiger partial charge in [0.2, 0.25) is 0 Å². The standard InChI is InChI=1S/C20H26N2O5.C15H18N2O3/c1-5-10-25-18(23)21-12-15(22-19(24)27-20(2,3)4)11-14-13-26-17-9-7-6-8-16(14)17;1-2-7-19-15(18)17-9-12(16)8-11-10-20-14-6-4-3-5-13(11)14/h5-9,13,15H,1,10-12H2,2-4H3,(H,21,23)(H,22,24);2-6,10,12H,1,7-9,16H2,(H,17,18)/t15-;12-/m00/s1. The SMILES string of the molecule is C=CCOC(=O)NC[C@@H](N)Cc1coc2ccccc12.C=CCOC(=O)NC[C@H](Cc1coc2ccccc12)NC(=O)OC(C)(C)C. The van der Waals surface area contributed by atoms with Crippen molar-refractivity contribution in [2.45, 2.75) is 51.3 Å². The van der Waals surface area contributed by atoms with Crippen LogP contribution in [0.2, 0.25) is 0 Å². The Kier molecular flexibility index (Phi) is 13.9. The number of benzene rings is 2. The highest BCUT2D eigenvalue weighted by molar-refractivity contribution is 5.81. The number of carbonyl (C=O) groups is 3. The number of amides is 3.